The lowest BCUT2D eigenvalue weighted by Crippen LogP contribution is -2.01. The molecule has 0 fully saturated rings. The molecule has 0 unspecified atom stereocenters. The SMILES string of the molecule is Cc1c(Nc2ccnc(Nc3ccc(C#N)cc3)n2)ccc2c(CC#N)coc12. The lowest BCUT2D eigenvalue weighted by Gasteiger charge is -2.11. The number of aromatic nitrogens is 2. The van der Waals surface area contributed by atoms with Crippen molar-refractivity contribution in [2.75, 3.05) is 10.6 Å². The van der Waals surface area contributed by atoms with Gasteiger partial charge in [-0.3, -0.25) is 0 Å². The standard InChI is InChI=1S/C22H16N6O/c1-14-19(7-6-18-16(8-10-23)13-29-21(14)18)27-20-9-11-25-22(28-20)26-17-4-2-15(12-24)3-5-17/h2-7,9,11,13H,8H2,1H3,(H2,25,26,27,28). The molecule has 0 spiro atoms. The van der Waals surface area contributed by atoms with Gasteiger partial charge in [0.05, 0.1) is 30.4 Å². The van der Waals surface area contributed by atoms with E-state index >= 15 is 0 Å². The molecule has 7 nitrogen and oxygen atoms in total. The van der Waals surface area contributed by atoms with E-state index < -0.39 is 0 Å². The highest BCUT2D eigenvalue weighted by Gasteiger charge is 2.12. The summed E-state index contributed by atoms with van der Waals surface area (Å²) in [6.07, 6.45) is 3.61. The highest BCUT2D eigenvalue weighted by Crippen LogP contribution is 2.31. The number of hydrogen-bond acceptors (Lipinski definition) is 7. The van der Waals surface area contributed by atoms with Gasteiger partial charge in [0.25, 0.3) is 0 Å². The van der Waals surface area contributed by atoms with E-state index in [4.69, 9.17) is 14.9 Å². The van der Waals surface area contributed by atoms with E-state index in [0.717, 1.165) is 33.5 Å². The number of nitrogens with one attached hydrogen (secondary N) is 2. The molecule has 2 heterocycles. The minimum atomic E-state index is 0.315. The Balaban J connectivity index is 1.57. The summed E-state index contributed by atoms with van der Waals surface area (Å²) in [5.41, 5.74) is 4.82. The van der Waals surface area contributed by atoms with Gasteiger partial charge in [-0.05, 0) is 49.4 Å². The second kappa shape index (κ2) is 7.71. The Morgan fingerprint density at radius 3 is 2.62 bits per heavy atom. The van der Waals surface area contributed by atoms with E-state index in [9.17, 15) is 0 Å². The second-order valence-electron chi connectivity index (χ2n) is 6.42. The molecule has 2 aromatic carbocycles. The number of anilines is 4. The van der Waals surface area contributed by atoms with Crippen molar-refractivity contribution in [3.8, 4) is 12.1 Å². The molecule has 4 rings (SSSR count). The van der Waals surface area contributed by atoms with Gasteiger partial charge in [-0.25, -0.2) is 4.98 Å². The lowest BCUT2D eigenvalue weighted by atomic mass is 10.1. The summed E-state index contributed by atoms with van der Waals surface area (Å²) < 4.78 is 5.67. The Labute approximate surface area is 167 Å². The van der Waals surface area contributed by atoms with Gasteiger partial charge in [0, 0.05) is 34.1 Å². The number of fused-ring (bicyclic) bond motifs is 1. The van der Waals surface area contributed by atoms with Gasteiger partial charge < -0.3 is 15.1 Å². The van der Waals surface area contributed by atoms with Crippen LogP contribution in [0.2, 0.25) is 0 Å². The zero-order valence-corrected chi connectivity index (χ0v) is 15.6. The first-order valence-electron chi connectivity index (χ1n) is 8.92. The quantitative estimate of drug-likeness (QED) is 0.503. The summed E-state index contributed by atoms with van der Waals surface area (Å²) in [7, 11) is 0. The summed E-state index contributed by atoms with van der Waals surface area (Å²) in [6.45, 7) is 1.96. The zero-order chi connectivity index (χ0) is 20.2. The molecule has 0 amide bonds. The second-order valence-corrected chi connectivity index (χ2v) is 6.42. The topological polar surface area (TPSA) is 111 Å². The fourth-order valence-corrected chi connectivity index (χ4v) is 3.03. The number of nitriles is 2. The maximum atomic E-state index is 8.94. The Kier molecular flexibility index (Phi) is 4.79. The van der Waals surface area contributed by atoms with E-state index in [1.165, 1.54) is 0 Å². The van der Waals surface area contributed by atoms with E-state index in [0.29, 0.717) is 23.8 Å². The first-order chi connectivity index (χ1) is 14.2. The Hall–Kier alpha value is -4.36. The van der Waals surface area contributed by atoms with Crippen LogP contribution in [-0.4, -0.2) is 9.97 Å². The molecule has 7 heteroatoms. The molecule has 29 heavy (non-hydrogen) atoms. The van der Waals surface area contributed by atoms with E-state index in [-0.39, 0.29) is 0 Å². The van der Waals surface area contributed by atoms with Crippen LogP contribution >= 0.6 is 0 Å². The maximum Gasteiger partial charge on any atom is 0.229 e. The zero-order valence-electron chi connectivity index (χ0n) is 15.6. The Bertz CT molecular complexity index is 1260. The molecule has 0 aliphatic carbocycles. The van der Waals surface area contributed by atoms with E-state index in [2.05, 4.69) is 32.7 Å². The van der Waals surface area contributed by atoms with Crippen molar-refractivity contribution < 1.29 is 4.42 Å². The summed E-state index contributed by atoms with van der Waals surface area (Å²) in [4.78, 5) is 8.73. The molecular formula is C22H16N6O. The number of benzene rings is 2. The third kappa shape index (κ3) is 3.71. The van der Waals surface area contributed by atoms with Crippen molar-refractivity contribution in [1.82, 2.24) is 9.97 Å². The van der Waals surface area contributed by atoms with Crippen molar-refractivity contribution in [3.05, 3.63) is 71.6 Å². The largest absolute Gasteiger partial charge is 0.464 e. The fourth-order valence-electron chi connectivity index (χ4n) is 3.03. The number of nitrogens with zero attached hydrogens (tertiary/aromatic N) is 4. The molecule has 0 atom stereocenters. The summed E-state index contributed by atoms with van der Waals surface area (Å²) in [5.74, 6) is 1.06. The van der Waals surface area contributed by atoms with Crippen molar-refractivity contribution in [3.63, 3.8) is 0 Å². The van der Waals surface area contributed by atoms with Crippen LogP contribution in [0.4, 0.5) is 23.1 Å². The van der Waals surface area contributed by atoms with Gasteiger partial charge in [0.15, 0.2) is 0 Å². The monoisotopic (exact) mass is 380 g/mol. The molecule has 0 saturated heterocycles. The van der Waals surface area contributed by atoms with E-state index in [1.807, 2.05) is 19.1 Å². The molecule has 0 radical (unpaired) electrons. The predicted molar refractivity (Wildman–Crippen MR) is 110 cm³/mol. The molecule has 0 bridgehead atoms. The third-order valence-electron chi connectivity index (χ3n) is 4.53. The van der Waals surface area contributed by atoms with Crippen molar-refractivity contribution in [2.45, 2.75) is 13.3 Å². The highest BCUT2D eigenvalue weighted by atomic mass is 16.3. The average molecular weight is 380 g/mol. The van der Waals surface area contributed by atoms with Gasteiger partial charge in [-0.1, -0.05) is 0 Å². The van der Waals surface area contributed by atoms with Crippen LogP contribution in [0.25, 0.3) is 11.0 Å². The molecule has 0 aliphatic heterocycles. The molecule has 2 aromatic heterocycles. The summed E-state index contributed by atoms with van der Waals surface area (Å²) in [5, 5.41) is 25.2. The molecule has 4 aromatic rings. The number of hydrogen-bond donors (Lipinski definition) is 2. The van der Waals surface area contributed by atoms with Gasteiger partial charge in [-0.15, -0.1) is 0 Å². The van der Waals surface area contributed by atoms with Crippen LogP contribution in [-0.2, 0) is 6.42 Å². The van der Waals surface area contributed by atoms with Crippen LogP contribution in [0.15, 0.2) is 59.3 Å². The summed E-state index contributed by atoms with van der Waals surface area (Å²) >= 11 is 0. The lowest BCUT2D eigenvalue weighted by molar-refractivity contribution is 0.610. The first-order valence-corrected chi connectivity index (χ1v) is 8.92. The van der Waals surface area contributed by atoms with Gasteiger partial charge in [0.1, 0.15) is 11.4 Å². The van der Waals surface area contributed by atoms with Crippen LogP contribution in [0, 0.1) is 29.6 Å². The van der Waals surface area contributed by atoms with Gasteiger partial charge in [-0.2, -0.15) is 15.5 Å². The van der Waals surface area contributed by atoms with Crippen LogP contribution < -0.4 is 10.6 Å². The summed E-state index contributed by atoms with van der Waals surface area (Å²) in [6, 6.07) is 17.0. The maximum absolute atomic E-state index is 8.94. The first kappa shape index (κ1) is 18.0. The van der Waals surface area contributed by atoms with Crippen LogP contribution in [0.3, 0.4) is 0 Å². The Morgan fingerprint density at radius 2 is 1.86 bits per heavy atom. The van der Waals surface area contributed by atoms with Gasteiger partial charge >= 0.3 is 0 Å². The average Bonchev–Trinajstić information content (AvgIpc) is 3.15. The molecule has 140 valence electrons. The smallest absolute Gasteiger partial charge is 0.229 e. The number of aryl methyl sites for hydroxylation is 1. The van der Waals surface area contributed by atoms with E-state index in [1.54, 1.807) is 42.8 Å². The third-order valence-corrected chi connectivity index (χ3v) is 4.53. The minimum absolute atomic E-state index is 0.315. The molecule has 0 saturated carbocycles. The molecule has 2 N–H and O–H groups in total. The predicted octanol–water partition coefficient (Wildman–Crippen LogP) is 4.96. The number of furan rings is 1. The molecule has 0 aliphatic rings. The van der Waals surface area contributed by atoms with Crippen LogP contribution in [0.1, 0.15) is 16.7 Å². The normalized spacial score (nSPS) is 10.3. The van der Waals surface area contributed by atoms with Crippen molar-refractivity contribution >= 4 is 34.1 Å². The van der Waals surface area contributed by atoms with Crippen LogP contribution in [0.5, 0.6) is 0 Å². The Morgan fingerprint density at radius 1 is 1.03 bits per heavy atom. The number of rotatable bonds is 5. The van der Waals surface area contributed by atoms with Gasteiger partial charge in [0.2, 0.25) is 5.95 Å². The molecular weight excluding hydrogens is 364 g/mol. The highest BCUT2D eigenvalue weighted by molar-refractivity contribution is 5.89. The minimum Gasteiger partial charge on any atom is -0.464 e. The van der Waals surface area contributed by atoms with Crippen molar-refractivity contribution in [1.29, 1.82) is 10.5 Å². The van der Waals surface area contributed by atoms with Crippen molar-refractivity contribution in [2.24, 2.45) is 0 Å². The fraction of sp³-hybridized carbons (Fsp3) is 0.0909.